The molecule has 0 aliphatic rings. The van der Waals surface area contributed by atoms with Crippen LogP contribution in [0.5, 0.6) is 5.75 Å². The highest BCUT2D eigenvalue weighted by molar-refractivity contribution is 6.04. The van der Waals surface area contributed by atoms with Crippen molar-refractivity contribution in [2.45, 2.75) is 32.9 Å². The third-order valence-electron chi connectivity index (χ3n) is 6.89. The molecule has 0 spiro atoms. The molecule has 0 bridgehead atoms. The molecule has 0 radical (unpaired) electrons. The number of aryl methyl sites for hydroxylation is 4. The molecule has 0 N–H and O–H groups in total. The van der Waals surface area contributed by atoms with Gasteiger partial charge in [-0.3, -0.25) is 9.36 Å². The van der Waals surface area contributed by atoms with E-state index in [1.807, 2.05) is 66.1 Å². The maximum atomic E-state index is 13.9. The number of ether oxygens (including phenoxy) is 1. The fraction of sp³-hybridized carbons (Fsp3) is 0.200. The van der Waals surface area contributed by atoms with E-state index in [0.717, 1.165) is 35.2 Å². The SMILES string of the molecule is COc1ccc(CCn2c3nc4ccccc4nc3c3c(=O)n(CCc4ccccc4)c(C)nc32)cc1. The van der Waals surface area contributed by atoms with E-state index in [2.05, 4.69) is 24.3 Å². The molecule has 0 fully saturated rings. The molecule has 0 saturated carbocycles. The van der Waals surface area contributed by atoms with Crippen LogP contribution in [0.3, 0.4) is 0 Å². The van der Waals surface area contributed by atoms with E-state index in [0.29, 0.717) is 41.1 Å². The van der Waals surface area contributed by atoms with Crippen LogP contribution in [-0.4, -0.2) is 31.2 Å². The van der Waals surface area contributed by atoms with Gasteiger partial charge in [-0.25, -0.2) is 15.0 Å². The number of aromatic nitrogens is 5. The van der Waals surface area contributed by atoms with Crippen LogP contribution >= 0.6 is 0 Å². The first-order chi connectivity index (χ1) is 18.1. The van der Waals surface area contributed by atoms with Crippen LogP contribution in [0, 0.1) is 6.92 Å². The van der Waals surface area contributed by atoms with E-state index in [1.165, 1.54) is 5.56 Å². The van der Waals surface area contributed by atoms with Crippen molar-refractivity contribution in [1.82, 2.24) is 24.1 Å². The molecule has 37 heavy (non-hydrogen) atoms. The van der Waals surface area contributed by atoms with Crippen LogP contribution < -0.4 is 10.3 Å². The average Bonchev–Trinajstić information content (AvgIpc) is 3.23. The summed E-state index contributed by atoms with van der Waals surface area (Å²) in [6.07, 6.45) is 1.51. The van der Waals surface area contributed by atoms with E-state index in [4.69, 9.17) is 19.7 Å². The monoisotopic (exact) mass is 489 g/mol. The lowest BCUT2D eigenvalue weighted by Crippen LogP contribution is -2.25. The fourth-order valence-corrected chi connectivity index (χ4v) is 4.89. The minimum atomic E-state index is -0.0730. The van der Waals surface area contributed by atoms with Crippen LogP contribution in [0.25, 0.3) is 33.2 Å². The molecule has 0 unspecified atom stereocenters. The van der Waals surface area contributed by atoms with Crippen molar-refractivity contribution >= 4 is 33.2 Å². The van der Waals surface area contributed by atoms with Crippen LogP contribution in [-0.2, 0) is 25.9 Å². The number of rotatable bonds is 7. The fourth-order valence-electron chi connectivity index (χ4n) is 4.89. The Hall–Kier alpha value is -4.52. The molecule has 6 rings (SSSR count). The van der Waals surface area contributed by atoms with E-state index in [1.54, 1.807) is 11.7 Å². The second-order valence-electron chi connectivity index (χ2n) is 9.18. The number of nitrogens with zero attached hydrogens (tertiary/aromatic N) is 5. The van der Waals surface area contributed by atoms with Gasteiger partial charge in [0.1, 0.15) is 22.5 Å². The van der Waals surface area contributed by atoms with E-state index >= 15 is 0 Å². The minimum absolute atomic E-state index is 0.0730. The first kappa shape index (κ1) is 22.9. The minimum Gasteiger partial charge on any atom is -0.497 e. The Labute approximate surface area is 214 Å². The van der Waals surface area contributed by atoms with Gasteiger partial charge in [0.2, 0.25) is 0 Å². The second kappa shape index (κ2) is 9.50. The predicted octanol–water partition coefficient (Wildman–Crippen LogP) is 5.10. The highest BCUT2D eigenvalue weighted by Gasteiger charge is 2.21. The maximum Gasteiger partial charge on any atom is 0.265 e. The van der Waals surface area contributed by atoms with Gasteiger partial charge in [0.05, 0.1) is 18.1 Å². The third kappa shape index (κ3) is 4.22. The predicted molar refractivity (Wildman–Crippen MR) is 146 cm³/mol. The second-order valence-corrected chi connectivity index (χ2v) is 9.18. The Morgan fingerprint density at radius 2 is 1.32 bits per heavy atom. The summed E-state index contributed by atoms with van der Waals surface area (Å²) >= 11 is 0. The Morgan fingerprint density at radius 1 is 0.703 bits per heavy atom. The average molecular weight is 490 g/mol. The molecule has 0 aliphatic heterocycles. The first-order valence-corrected chi connectivity index (χ1v) is 12.5. The molecule has 3 aromatic heterocycles. The number of para-hydroxylation sites is 2. The summed E-state index contributed by atoms with van der Waals surface area (Å²) in [5.41, 5.74) is 5.76. The van der Waals surface area contributed by atoms with Crippen LogP contribution in [0.15, 0.2) is 83.7 Å². The number of methoxy groups -OCH3 is 1. The van der Waals surface area contributed by atoms with Gasteiger partial charge in [-0.2, -0.15) is 0 Å². The summed E-state index contributed by atoms with van der Waals surface area (Å²) in [5.74, 6) is 1.51. The van der Waals surface area contributed by atoms with Crippen molar-refractivity contribution in [2.75, 3.05) is 7.11 Å². The summed E-state index contributed by atoms with van der Waals surface area (Å²) in [5, 5.41) is 0.529. The molecule has 7 heteroatoms. The third-order valence-corrected chi connectivity index (χ3v) is 6.89. The zero-order valence-corrected chi connectivity index (χ0v) is 20.9. The number of benzene rings is 3. The molecule has 0 aliphatic carbocycles. The Morgan fingerprint density at radius 3 is 2.03 bits per heavy atom. The molecule has 7 nitrogen and oxygen atoms in total. The molecule has 184 valence electrons. The Kier molecular flexibility index (Phi) is 5.88. The first-order valence-electron chi connectivity index (χ1n) is 12.5. The van der Waals surface area contributed by atoms with Crippen molar-refractivity contribution < 1.29 is 4.74 Å². The van der Waals surface area contributed by atoms with Gasteiger partial charge in [-0.15, -0.1) is 0 Å². The molecule has 3 heterocycles. The summed E-state index contributed by atoms with van der Waals surface area (Å²) in [6, 6.07) is 26.0. The summed E-state index contributed by atoms with van der Waals surface area (Å²) < 4.78 is 9.10. The lowest BCUT2D eigenvalue weighted by Gasteiger charge is -2.11. The summed E-state index contributed by atoms with van der Waals surface area (Å²) in [7, 11) is 1.66. The van der Waals surface area contributed by atoms with Gasteiger partial charge >= 0.3 is 0 Å². The zero-order valence-electron chi connectivity index (χ0n) is 20.9. The lowest BCUT2D eigenvalue weighted by atomic mass is 10.1. The highest BCUT2D eigenvalue weighted by atomic mass is 16.5. The van der Waals surface area contributed by atoms with Crippen LogP contribution in [0.2, 0.25) is 0 Å². The largest absolute Gasteiger partial charge is 0.497 e. The van der Waals surface area contributed by atoms with Gasteiger partial charge in [0.15, 0.2) is 11.3 Å². The van der Waals surface area contributed by atoms with Crippen LogP contribution in [0.4, 0.5) is 0 Å². The summed E-state index contributed by atoms with van der Waals surface area (Å²) in [4.78, 5) is 28.7. The zero-order chi connectivity index (χ0) is 25.4. The molecular formula is C30H27N5O2. The van der Waals surface area contributed by atoms with Crippen molar-refractivity contribution in [2.24, 2.45) is 0 Å². The molecule has 0 amide bonds. The normalized spacial score (nSPS) is 11.5. The maximum absolute atomic E-state index is 13.9. The summed E-state index contributed by atoms with van der Waals surface area (Å²) in [6.45, 7) is 3.07. The molecule has 6 aromatic rings. The van der Waals surface area contributed by atoms with E-state index in [9.17, 15) is 4.79 Å². The standard InChI is InChI=1S/C30H27N5O2/c1-20-31-28-26(30(36)34(20)18-16-21-8-4-3-5-9-21)27-29(33-25-11-7-6-10-24(25)32-27)35(28)19-17-22-12-14-23(37-2)15-13-22/h3-15H,16-19H2,1-2H3. The van der Waals surface area contributed by atoms with E-state index in [-0.39, 0.29) is 5.56 Å². The van der Waals surface area contributed by atoms with Gasteiger partial charge in [0.25, 0.3) is 5.56 Å². The van der Waals surface area contributed by atoms with Gasteiger partial charge in [0, 0.05) is 13.1 Å². The number of fused-ring (bicyclic) bond motifs is 4. The van der Waals surface area contributed by atoms with Gasteiger partial charge in [-0.05, 0) is 55.2 Å². The van der Waals surface area contributed by atoms with E-state index < -0.39 is 0 Å². The Balaban J connectivity index is 1.49. The van der Waals surface area contributed by atoms with Crippen molar-refractivity contribution in [3.63, 3.8) is 0 Å². The Bertz CT molecular complexity index is 1790. The molecule has 0 saturated heterocycles. The highest BCUT2D eigenvalue weighted by Crippen LogP contribution is 2.26. The smallest absolute Gasteiger partial charge is 0.265 e. The number of hydrogen-bond acceptors (Lipinski definition) is 5. The molecule has 0 atom stereocenters. The molecule has 3 aromatic carbocycles. The van der Waals surface area contributed by atoms with Crippen molar-refractivity contribution in [3.05, 3.63) is 106 Å². The molecular weight excluding hydrogens is 462 g/mol. The van der Waals surface area contributed by atoms with Gasteiger partial charge < -0.3 is 9.30 Å². The topological polar surface area (TPSA) is 74.8 Å². The van der Waals surface area contributed by atoms with Gasteiger partial charge in [-0.1, -0.05) is 54.6 Å². The van der Waals surface area contributed by atoms with Crippen molar-refractivity contribution in [3.8, 4) is 5.75 Å². The van der Waals surface area contributed by atoms with Crippen LogP contribution in [0.1, 0.15) is 17.0 Å². The quantitative estimate of drug-likeness (QED) is 0.312. The lowest BCUT2D eigenvalue weighted by molar-refractivity contribution is 0.414. The van der Waals surface area contributed by atoms with Crippen molar-refractivity contribution in [1.29, 1.82) is 0 Å². The number of hydrogen-bond donors (Lipinski definition) is 0.